The molecule has 5 heteroatoms. The second-order valence-electron chi connectivity index (χ2n) is 5.02. The summed E-state index contributed by atoms with van der Waals surface area (Å²) in [6, 6.07) is 5.67. The van der Waals surface area contributed by atoms with Crippen molar-refractivity contribution >= 4 is 11.6 Å². The van der Waals surface area contributed by atoms with Crippen LogP contribution in [0.5, 0.6) is 5.75 Å². The molecule has 0 saturated carbocycles. The van der Waals surface area contributed by atoms with Crippen molar-refractivity contribution in [2.24, 2.45) is 11.7 Å². The Morgan fingerprint density at radius 3 is 2.68 bits per heavy atom. The number of rotatable bonds is 4. The van der Waals surface area contributed by atoms with Gasteiger partial charge in [0, 0.05) is 23.7 Å². The van der Waals surface area contributed by atoms with Gasteiger partial charge in [0.1, 0.15) is 5.75 Å². The van der Waals surface area contributed by atoms with E-state index in [0.717, 1.165) is 49.5 Å². The average Bonchev–Trinajstić information content (AvgIpc) is 2.39. The first kappa shape index (κ1) is 13.7. The Morgan fingerprint density at radius 2 is 2.11 bits per heavy atom. The smallest absolute Gasteiger partial charge is 0.220 e. The Morgan fingerprint density at radius 1 is 1.42 bits per heavy atom. The van der Waals surface area contributed by atoms with Crippen LogP contribution in [-0.4, -0.2) is 31.0 Å². The number of anilines is 1. The van der Waals surface area contributed by atoms with Crippen LogP contribution < -0.4 is 16.2 Å². The third-order valence-electron chi connectivity index (χ3n) is 3.69. The molecule has 1 aliphatic heterocycles. The highest BCUT2D eigenvalue weighted by Crippen LogP contribution is 2.25. The third-order valence-corrected chi connectivity index (χ3v) is 3.69. The summed E-state index contributed by atoms with van der Waals surface area (Å²) in [7, 11) is 1.66. The van der Waals surface area contributed by atoms with Crippen LogP contribution in [0, 0.1) is 5.92 Å². The average molecular weight is 263 g/mol. The van der Waals surface area contributed by atoms with Gasteiger partial charge >= 0.3 is 0 Å². The molecule has 0 unspecified atom stereocenters. The summed E-state index contributed by atoms with van der Waals surface area (Å²) in [5, 5.41) is 0. The summed E-state index contributed by atoms with van der Waals surface area (Å²) in [6.45, 7) is 2.55. The Bertz CT molecular complexity index is 454. The maximum atomic E-state index is 11.1. The highest BCUT2D eigenvalue weighted by Gasteiger charge is 2.23. The molecule has 0 spiro atoms. The molecule has 1 aromatic carbocycles. The zero-order valence-electron chi connectivity index (χ0n) is 11.3. The van der Waals surface area contributed by atoms with E-state index in [4.69, 9.17) is 16.2 Å². The maximum Gasteiger partial charge on any atom is 0.220 e. The van der Waals surface area contributed by atoms with Crippen LogP contribution in [-0.2, 0) is 11.3 Å². The van der Waals surface area contributed by atoms with Gasteiger partial charge in [0.15, 0.2) is 0 Å². The van der Waals surface area contributed by atoms with Gasteiger partial charge in [-0.1, -0.05) is 0 Å². The van der Waals surface area contributed by atoms with Gasteiger partial charge in [0.25, 0.3) is 0 Å². The van der Waals surface area contributed by atoms with E-state index in [1.165, 1.54) is 0 Å². The molecule has 1 saturated heterocycles. The van der Waals surface area contributed by atoms with Crippen molar-refractivity contribution in [3.8, 4) is 5.75 Å². The molecular weight excluding hydrogens is 242 g/mol. The minimum absolute atomic E-state index is 0.0268. The lowest BCUT2D eigenvalue weighted by atomic mass is 9.96. The first-order valence-electron chi connectivity index (χ1n) is 6.54. The standard InChI is InChI=1S/C14H21N3O2/c1-19-13-3-2-12(15)8-11(13)9-17-6-4-10(5-7-17)14(16)18/h2-3,8,10H,4-7,9,15H2,1H3,(H2,16,18). The Labute approximate surface area is 113 Å². The van der Waals surface area contributed by atoms with E-state index < -0.39 is 0 Å². The van der Waals surface area contributed by atoms with Crippen molar-refractivity contribution in [3.05, 3.63) is 23.8 Å². The maximum absolute atomic E-state index is 11.1. The number of hydrogen-bond donors (Lipinski definition) is 2. The van der Waals surface area contributed by atoms with Gasteiger partial charge in [-0.3, -0.25) is 9.69 Å². The van der Waals surface area contributed by atoms with Crippen LogP contribution in [0.4, 0.5) is 5.69 Å². The zero-order chi connectivity index (χ0) is 13.8. The number of carbonyl (C=O) groups excluding carboxylic acids is 1. The molecule has 5 nitrogen and oxygen atoms in total. The summed E-state index contributed by atoms with van der Waals surface area (Å²) in [6.07, 6.45) is 1.67. The molecule has 0 bridgehead atoms. The molecule has 0 radical (unpaired) electrons. The Hall–Kier alpha value is -1.75. The van der Waals surface area contributed by atoms with Crippen LogP contribution in [0.1, 0.15) is 18.4 Å². The van der Waals surface area contributed by atoms with Gasteiger partial charge in [-0.05, 0) is 44.1 Å². The minimum atomic E-state index is -0.179. The number of ether oxygens (including phenoxy) is 1. The van der Waals surface area contributed by atoms with Gasteiger partial charge in [-0.2, -0.15) is 0 Å². The minimum Gasteiger partial charge on any atom is -0.496 e. The number of primary amides is 1. The summed E-state index contributed by atoms with van der Waals surface area (Å²) in [5.74, 6) is 0.700. The molecule has 1 fully saturated rings. The molecule has 0 aromatic heterocycles. The van der Waals surface area contributed by atoms with Crippen molar-refractivity contribution in [1.82, 2.24) is 4.90 Å². The van der Waals surface area contributed by atoms with E-state index in [9.17, 15) is 4.79 Å². The number of carbonyl (C=O) groups is 1. The number of amides is 1. The fraction of sp³-hybridized carbons (Fsp3) is 0.500. The zero-order valence-corrected chi connectivity index (χ0v) is 11.3. The molecule has 1 heterocycles. The lowest BCUT2D eigenvalue weighted by Gasteiger charge is -2.30. The van der Waals surface area contributed by atoms with Crippen LogP contribution in [0.3, 0.4) is 0 Å². The molecule has 0 aliphatic carbocycles. The van der Waals surface area contributed by atoms with Gasteiger partial charge in [-0.15, -0.1) is 0 Å². The van der Waals surface area contributed by atoms with Crippen molar-refractivity contribution < 1.29 is 9.53 Å². The number of piperidine rings is 1. The van der Waals surface area contributed by atoms with Crippen molar-refractivity contribution in [1.29, 1.82) is 0 Å². The number of likely N-dealkylation sites (tertiary alicyclic amines) is 1. The van der Waals surface area contributed by atoms with Gasteiger partial charge < -0.3 is 16.2 Å². The lowest BCUT2D eigenvalue weighted by Crippen LogP contribution is -2.38. The second-order valence-corrected chi connectivity index (χ2v) is 5.02. The number of nitrogens with two attached hydrogens (primary N) is 2. The quantitative estimate of drug-likeness (QED) is 0.793. The Balaban J connectivity index is 1.99. The summed E-state index contributed by atoms with van der Waals surface area (Å²) in [5.41, 5.74) is 13.0. The van der Waals surface area contributed by atoms with E-state index in [1.807, 2.05) is 18.2 Å². The third kappa shape index (κ3) is 3.38. The van der Waals surface area contributed by atoms with E-state index in [2.05, 4.69) is 4.90 Å². The second kappa shape index (κ2) is 5.93. The first-order valence-corrected chi connectivity index (χ1v) is 6.54. The van der Waals surface area contributed by atoms with E-state index in [1.54, 1.807) is 7.11 Å². The number of hydrogen-bond acceptors (Lipinski definition) is 4. The molecule has 19 heavy (non-hydrogen) atoms. The van der Waals surface area contributed by atoms with Crippen molar-refractivity contribution in [3.63, 3.8) is 0 Å². The van der Waals surface area contributed by atoms with Crippen LogP contribution in [0.25, 0.3) is 0 Å². The van der Waals surface area contributed by atoms with Gasteiger partial charge in [-0.25, -0.2) is 0 Å². The highest BCUT2D eigenvalue weighted by atomic mass is 16.5. The first-order chi connectivity index (χ1) is 9.10. The molecular formula is C14H21N3O2. The predicted molar refractivity (Wildman–Crippen MR) is 74.6 cm³/mol. The predicted octanol–water partition coefficient (Wildman–Crippen LogP) is 0.975. The summed E-state index contributed by atoms with van der Waals surface area (Å²) < 4.78 is 5.34. The van der Waals surface area contributed by atoms with Crippen LogP contribution >= 0.6 is 0 Å². The van der Waals surface area contributed by atoms with Crippen molar-refractivity contribution in [2.75, 3.05) is 25.9 Å². The normalized spacial score (nSPS) is 17.3. The fourth-order valence-corrected chi connectivity index (χ4v) is 2.54. The van der Waals surface area contributed by atoms with Crippen LogP contribution in [0.15, 0.2) is 18.2 Å². The van der Waals surface area contributed by atoms with Gasteiger partial charge in [0.05, 0.1) is 7.11 Å². The van der Waals surface area contributed by atoms with Crippen molar-refractivity contribution in [2.45, 2.75) is 19.4 Å². The molecule has 104 valence electrons. The van der Waals surface area contributed by atoms with E-state index >= 15 is 0 Å². The Kier molecular flexibility index (Phi) is 4.27. The molecule has 1 aromatic rings. The fourth-order valence-electron chi connectivity index (χ4n) is 2.54. The topological polar surface area (TPSA) is 81.6 Å². The number of methoxy groups -OCH3 is 1. The molecule has 2 rings (SSSR count). The van der Waals surface area contributed by atoms with E-state index in [0.29, 0.717) is 0 Å². The van der Waals surface area contributed by atoms with E-state index in [-0.39, 0.29) is 11.8 Å². The summed E-state index contributed by atoms with van der Waals surface area (Å²) in [4.78, 5) is 13.4. The number of benzene rings is 1. The molecule has 4 N–H and O–H groups in total. The van der Waals surface area contributed by atoms with Crippen LogP contribution in [0.2, 0.25) is 0 Å². The summed E-state index contributed by atoms with van der Waals surface area (Å²) >= 11 is 0. The number of nitrogens with zero attached hydrogens (tertiary/aromatic N) is 1. The largest absolute Gasteiger partial charge is 0.496 e. The highest BCUT2D eigenvalue weighted by molar-refractivity contribution is 5.76. The SMILES string of the molecule is COc1ccc(N)cc1CN1CCC(C(N)=O)CC1. The molecule has 1 aliphatic rings. The van der Waals surface area contributed by atoms with Gasteiger partial charge in [0.2, 0.25) is 5.91 Å². The number of nitrogen functional groups attached to an aromatic ring is 1. The molecule has 1 amide bonds. The lowest BCUT2D eigenvalue weighted by molar-refractivity contribution is -0.123. The monoisotopic (exact) mass is 263 g/mol. The molecule has 0 atom stereocenters.